The van der Waals surface area contributed by atoms with E-state index in [0.717, 1.165) is 17.8 Å². The lowest BCUT2D eigenvalue weighted by Crippen LogP contribution is -2.48. The van der Waals surface area contributed by atoms with Gasteiger partial charge in [-0.15, -0.1) is 0 Å². The second-order valence-electron chi connectivity index (χ2n) is 4.66. The summed E-state index contributed by atoms with van der Waals surface area (Å²) in [5, 5.41) is 8.98. The van der Waals surface area contributed by atoms with E-state index in [1.807, 2.05) is 36.2 Å². The first-order valence-electron chi connectivity index (χ1n) is 6.07. The van der Waals surface area contributed by atoms with Crippen LogP contribution >= 0.6 is 0 Å². The molecule has 1 heterocycles. The predicted molar refractivity (Wildman–Crippen MR) is 70.3 cm³/mol. The van der Waals surface area contributed by atoms with Crippen LogP contribution in [-0.2, 0) is 4.79 Å². The van der Waals surface area contributed by atoms with Crippen molar-refractivity contribution in [3.8, 4) is 0 Å². The minimum atomic E-state index is -0.359. The van der Waals surface area contributed by atoms with Crippen molar-refractivity contribution in [2.75, 3.05) is 38.2 Å². The minimum absolute atomic E-state index is 0.0766. The predicted octanol–water partition coefficient (Wildman–Crippen LogP) is -0.0429. The van der Waals surface area contributed by atoms with Crippen LogP contribution in [0.5, 0.6) is 0 Å². The van der Waals surface area contributed by atoms with Crippen LogP contribution in [0.1, 0.15) is 11.6 Å². The quantitative estimate of drug-likeness (QED) is 0.788. The van der Waals surface area contributed by atoms with Crippen LogP contribution in [0.3, 0.4) is 0 Å². The molecule has 1 fully saturated rings. The maximum absolute atomic E-state index is 11.9. The van der Waals surface area contributed by atoms with Crippen LogP contribution in [0, 0.1) is 0 Å². The normalized spacial score (nSPS) is 19.1. The summed E-state index contributed by atoms with van der Waals surface area (Å²) in [6.07, 6.45) is 0. The zero-order chi connectivity index (χ0) is 13.1. The third-order valence-electron chi connectivity index (χ3n) is 3.24. The summed E-state index contributed by atoms with van der Waals surface area (Å²) in [6, 6.07) is 7.13. The first-order chi connectivity index (χ1) is 8.61. The molecule has 1 aliphatic heterocycles. The van der Waals surface area contributed by atoms with E-state index in [4.69, 9.17) is 10.8 Å². The Labute approximate surface area is 107 Å². The first kappa shape index (κ1) is 13.0. The maximum atomic E-state index is 11.9. The summed E-state index contributed by atoms with van der Waals surface area (Å²) in [6.45, 7) is 1.97. The molecule has 1 aliphatic rings. The van der Waals surface area contributed by atoms with Gasteiger partial charge in [0.05, 0.1) is 19.2 Å². The van der Waals surface area contributed by atoms with E-state index in [0.29, 0.717) is 13.1 Å². The molecule has 1 saturated heterocycles. The highest BCUT2D eigenvalue weighted by Crippen LogP contribution is 2.19. The molecule has 1 atom stereocenters. The Hall–Kier alpha value is -1.43. The van der Waals surface area contributed by atoms with Crippen molar-refractivity contribution in [3.05, 3.63) is 29.8 Å². The summed E-state index contributed by atoms with van der Waals surface area (Å²) in [5.74, 6) is 0.114. The lowest BCUT2D eigenvalue weighted by molar-refractivity contribution is -0.120. The zero-order valence-corrected chi connectivity index (χ0v) is 10.5. The van der Waals surface area contributed by atoms with Crippen molar-refractivity contribution < 1.29 is 9.90 Å². The van der Waals surface area contributed by atoms with E-state index in [-0.39, 0.29) is 18.6 Å². The maximum Gasteiger partial charge on any atom is 0.241 e. The van der Waals surface area contributed by atoms with E-state index >= 15 is 0 Å². The molecule has 5 nitrogen and oxygen atoms in total. The minimum Gasteiger partial charge on any atom is -0.394 e. The number of likely N-dealkylation sites (N-methyl/N-ethyl adjacent to an activating group) is 1. The van der Waals surface area contributed by atoms with Crippen LogP contribution in [-0.4, -0.2) is 49.2 Å². The van der Waals surface area contributed by atoms with E-state index in [1.54, 1.807) is 4.90 Å². The molecule has 0 saturated carbocycles. The Morgan fingerprint density at radius 2 is 2.00 bits per heavy atom. The highest BCUT2D eigenvalue weighted by molar-refractivity contribution is 5.95. The average molecular weight is 249 g/mol. The number of hydrogen-bond donors (Lipinski definition) is 2. The number of amides is 1. The van der Waals surface area contributed by atoms with E-state index in [2.05, 4.69) is 0 Å². The molecule has 5 heteroatoms. The van der Waals surface area contributed by atoms with Gasteiger partial charge in [0, 0.05) is 18.8 Å². The van der Waals surface area contributed by atoms with Gasteiger partial charge >= 0.3 is 0 Å². The molecule has 0 aliphatic carbocycles. The van der Waals surface area contributed by atoms with Gasteiger partial charge < -0.3 is 15.7 Å². The second kappa shape index (κ2) is 5.48. The molecule has 0 bridgehead atoms. The fraction of sp³-hybridized carbons (Fsp3) is 0.462. The molecular formula is C13H19N3O2. The molecule has 1 aromatic rings. The number of carbonyl (C=O) groups is 1. The van der Waals surface area contributed by atoms with Crippen molar-refractivity contribution in [2.45, 2.75) is 6.04 Å². The molecule has 18 heavy (non-hydrogen) atoms. The first-order valence-corrected chi connectivity index (χ1v) is 6.07. The van der Waals surface area contributed by atoms with Crippen molar-refractivity contribution in [2.24, 2.45) is 5.73 Å². The summed E-state index contributed by atoms with van der Waals surface area (Å²) < 4.78 is 0. The van der Waals surface area contributed by atoms with Crippen molar-refractivity contribution >= 4 is 11.6 Å². The van der Waals surface area contributed by atoms with E-state index < -0.39 is 0 Å². The number of benzene rings is 1. The zero-order valence-electron chi connectivity index (χ0n) is 10.5. The molecule has 0 spiro atoms. The Balaban J connectivity index is 2.12. The highest BCUT2D eigenvalue weighted by atomic mass is 16.3. The lowest BCUT2D eigenvalue weighted by Gasteiger charge is -2.32. The molecule has 2 rings (SSSR count). The van der Waals surface area contributed by atoms with Gasteiger partial charge in [-0.1, -0.05) is 12.1 Å². The summed E-state index contributed by atoms with van der Waals surface area (Å²) >= 11 is 0. The Kier molecular flexibility index (Phi) is 3.96. The molecule has 3 N–H and O–H groups in total. The third kappa shape index (κ3) is 2.69. The van der Waals surface area contributed by atoms with Crippen molar-refractivity contribution in [3.63, 3.8) is 0 Å². The van der Waals surface area contributed by atoms with Gasteiger partial charge in [-0.05, 0) is 24.7 Å². The SMILES string of the molecule is CN1CCN(c2ccc(C(N)CO)cc2)C(=O)C1. The highest BCUT2D eigenvalue weighted by Gasteiger charge is 2.22. The standard InChI is InChI=1S/C13H19N3O2/c1-15-6-7-16(13(18)8-15)11-4-2-10(3-5-11)12(14)9-17/h2-5,12,17H,6-9,14H2,1H3. The number of hydrogen-bond acceptors (Lipinski definition) is 4. The number of anilines is 1. The van der Waals surface area contributed by atoms with Crippen molar-refractivity contribution in [1.29, 1.82) is 0 Å². The number of nitrogens with two attached hydrogens (primary N) is 1. The third-order valence-corrected chi connectivity index (χ3v) is 3.24. The number of piperazine rings is 1. The van der Waals surface area contributed by atoms with Gasteiger partial charge in [-0.25, -0.2) is 0 Å². The van der Waals surface area contributed by atoms with Gasteiger partial charge in [0.15, 0.2) is 0 Å². The van der Waals surface area contributed by atoms with Gasteiger partial charge in [0.2, 0.25) is 5.91 Å². The largest absolute Gasteiger partial charge is 0.394 e. The smallest absolute Gasteiger partial charge is 0.241 e. The summed E-state index contributed by atoms with van der Waals surface area (Å²) in [7, 11) is 1.94. The molecule has 1 aromatic carbocycles. The second-order valence-corrected chi connectivity index (χ2v) is 4.66. The topological polar surface area (TPSA) is 69.8 Å². The van der Waals surface area contributed by atoms with E-state index in [1.165, 1.54) is 0 Å². The van der Waals surface area contributed by atoms with Crippen LogP contribution in [0.2, 0.25) is 0 Å². The number of aliphatic hydroxyl groups excluding tert-OH is 1. The fourth-order valence-electron chi connectivity index (χ4n) is 2.07. The van der Waals surface area contributed by atoms with Crippen LogP contribution in [0.25, 0.3) is 0 Å². The molecule has 0 aromatic heterocycles. The molecule has 1 unspecified atom stereocenters. The van der Waals surface area contributed by atoms with E-state index in [9.17, 15) is 4.79 Å². The van der Waals surface area contributed by atoms with Crippen LogP contribution in [0.15, 0.2) is 24.3 Å². The molecule has 98 valence electrons. The van der Waals surface area contributed by atoms with Gasteiger partial charge in [-0.2, -0.15) is 0 Å². The van der Waals surface area contributed by atoms with Crippen molar-refractivity contribution in [1.82, 2.24) is 4.90 Å². The number of nitrogens with zero attached hydrogens (tertiary/aromatic N) is 2. The summed E-state index contributed by atoms with van der Waals surface area (Å²) in [4.78, 5) is 15.7. The Morgan fingerprint density at radius 3 is 2.56 bits per heavy atom. The van der Waals surface area contributed by atoms with Gasteiger partial charge in [0.25, 0.3) is 0 Å². The van der Waals surface area contributed by atoms with Gasteiger partial charge in [-0.3, -0.25) is 9.69 Å². The monoisotopic (exact) mass is 249 g/mol. The number of aliphatic hydroxyl groups is 1. The molecular weight excluding hydrogens is 230 g/mol. The Bertz CT molecular complexity index is 419. The number of carbonyl (C=O) groups excluding carboxylic acids is 1. The van der Waals surface area contributed by atoms with Gasteiger partial charge in [0.1, 0.15) is 0 Å². The lowest BCUT2D eigenvalue weighted by atomic mass is 10.1. The Morgan fingerprint density at radius 1 is 1.33 bits per heavy atom. The number of rotatable bonds is 3. The fourth-order valence-corrected chi connectivity index (χ4v) is 2.07. The summed E-state index contributed by atoms with van der Waals surface area (Å²) in [5.41, 5.74) is 7.50. The van der Waals surface area contributed by atoms with Crippen LogP contribution in [0.4, 0.5) is 5.69 Å². The van der Waals surface area contributed by atoms with Crippen LogP contribution < -0.4 is 10.6 Å². The molecule has 0 radical (unpaired) electrons. The average Bonchev–Trinajstić information content (AvgIpc) is 2.38. The molecule has 1 amide bonds.